The van der Waals surface area contributed by atoms with E-state index < -0.39 is 10.0 Å². The van der Waals surface area contributed by atoms with Gasteiger partial charge in [-0.25, -0.2) is 8.42 Å². The van der Waals surface area contributed by atoms with Crippen LogP contribution in [0.4, 0.5) is 5.69 Å². The van der Waals surface area contributed by atoms with E-state index in [1.807, 2.05) is 0 Å². The van der Waals surface area contributed by atoms with E-state index in [0.717, 1.165) is 5.56 Å². The fourth-order valence-electron chi connectivity index (χ4n) is 1.93. The third-order valence-corrected chi connectivity index (χ3v) is 5.32. The number of halogens is 1. The summed E-state index contributed by atoms with van der Waals surface area (Å²) in [7, 11) is -2.27. The molecule has 0 radical (unpaired) electrons. The molecular formula is C13H16ClN3O3S. The Bertz CT molecular complexity index is 751. The topological polar surface area (TPSA) is 89.4 Å². The summed E-state index contributed by atoms with van der Waals surface area (Å²) < 4.78 is 31.4. The molecule has 0 spiro atoms. The third kappa shape index (κ3) is 3.04. The fourth-order valence-corrected chi connectivity index (χ4v) is 3.45. The van der Waals surface area contributed by atoms with Gasteiger partial charge in [0.1, 0.15) is 10.7 Å². The molecule has 8 heteroatoms. The van der Waals surface area contributed by atoms with Gasteiger partial charge in [0, 0.05) is 24.2 Å². The maximum Gasteiger partial charge on any atom is 0.245 e. The Hall–Kier alpha value is -1.57. The lowest BCUT2D eigenvalue weighted by Gasteiger charge is -2.18. The van der Waals surface area contributed by atoms with E-state index in [1.54, 1.807) is 19.9 Å². The summed E-state index contributed by atoms with van der Waals surface area (Å²) in [5.74, 6) is 0.591. The summed E-state index contributed by atoms with van der Waals surface area (Å²) in [6.45, 7) is 3.65. The van der Waals surface area contributed by atoms with Crippen LogP contribution in [-0.4, -0.2) is 24.9 Å². The monoisotopic (exact) mass is 329 g/mol. The molecule has 1 heterocycles. The minimum absolute atomic E-state index is 0.00994. The van der Waals surface area contributed by atoms with Gasteiger partial charge in [-0.15, -0.1) is 0 Å². The minimum atomic E-state index is -3.75. The van der Waals surface area contributed by atoms with Gasteiger partial charge in [-0.2, -0.15) is 4.31 Å². The number of aryl methyl sites for hydroxylation is 2. The predicted molar refractivity (Wildman–Crippen MR) is 80.5 cm³/mol. The minimum Gasteiger partial charge on any atom is -0.398 e. The number of sulfonamides is 1. The predicted octanol–water partition coefficient (Wildman–Crippen LogP) is 2.35. The highest BCUT2D eigenvalue weighted by atomic mass is 35.5. The van der Waals surface area contributed by atoms with Crippen molar-refractivity contribution in [3.8, 4) is 0 Å². The van der Waals surface area contributed by atoms with E-state index in [-0.39, 0.29) is 17.1 Å². The van der Waals surface area contributed by atoms with Crippen molar-refractivity contribution in [1.82, 2.24) is 9.46 Å². The molecule has 0 aliphatic rings. The first-order chi connectivity index (χ1) is 9.73. The van der Waals surface area contributed by atoms with Crippen molar-refractivity contribution in [3.05, 3.63) is 40.2 Å². The van der Waals surface area contributed by atoms with Crippen molar-refractivity contribution in [1.29, 1.82) is 0 Å². The molecule has 1 aromatic heterocycles. The smallest absolute Gasteiger partial charge is 0.245 e. The average Bonchev–Trinajstić information content (AvgIpc) is 2.73. The molecule has 2 N–H and O–H groups in total. The van der Waals surface area contributed by atoms with Crippen molar-refractivity contribution in [2.45, 2.75) is 25.3 Å². The Balaban J connectivity index is 2.37. The highest BCUT2D eigenvalue weighted by Crippen LogP contribution is 2.26. The largest absolute Gasteiger partial charge is 0.398 e. The van der Waals surface area contributed by atoms with Crippen molar-refractivity contribution < 1.29 is 12.9 Å². The number of aromatic nitrogens is 1. The quantitative estimate of drug-likeness (QED) is 0.870. The summed E-state index contributed by atoms with van der Waals surface area (Å²) in [5.41, 5.74) is 7.31. The maximum absolute atomic E-state index is 12.6. The standard InChI is InChI=1S/C13H16ClN3O3S/c1-8-11(9(2)20-16-8)7-17(3)21(18,19)13-6-10(14)4-5-12(13)15/h4-6H,7,15H2,1-3H3. The molecule has 0 saturated carbocycles. The number of benzene rings is 1. The van der Waals surface area contributed by atoms with Crippen LogP contribution in [0.15, 0.2) is 27.6 Å². The molecule has 0 unspecified atom stereocenters. The van der Waals surface area contributed by atoms with E-state index in [1.165, 1.54) is 23.5 Å². The van der Waals surface area contributed by atoms with Crippen LogP contribution in [0, 0.1) is 13.8 Å². The molecule has 0 saturated heterocycles. The van der Waals surface area contributed by atoms with Gasteiger partial charge in [-0.05, 0) is 32.0 Å². The molecule has 2 rings (SSSR count). The maximum atomic E-state index is 12.6. The zero-order valence-corrected chi connectivity index (χ0v) is 13.5. The number of nitrogens with zero attached hydrogens (tertiary/aromatic N) is 2. The third-order valence-electron chi connectivity index (χ3n) is 3.23. The van der Waals surface area contributed by atoms with Gasteiger partial charge in [-0.1, -0.05) is 16.8 Å². The van der Waals surface area contributed by atoms with E-state index in [4.69, 9.17) is 21.9 Å². The summed E-state index contributed by atoms with van der Waals surface area (Å²) in [6.07, 6.45) is 0. The lowest BCUT2D eigenvalue weighted by atomic mass is 10.2. The first-order valence-electron chi connectivity index (χ1n) is 6.16. The van der Waals surface area contributed by atoms with Crippen molar-refractivity contribution in [2.24, 2.45) is 0 Å². The van der Waals surface area contributed by atoms with E-state index in [2.05, 4.69) is 5.16 Å². The molecule has 0 aliphatic heterocycles. The number of nitrogens with two attached hydrogens (primary N) is 1. The van der Waals surface area contributed by atoms with Crippen LogP contribution in [0.5, 0.6) is 0 Å². The first-order valence-corrected chi connectivity index (χ1v) is 7.98. The number of rotatable bonds is 4. The second-order valence-corrected chi connectivity index (χ2v) is 7.20. The zero-order valence-electron chi connectivity index (χ0n) is 11.9. The van der Waals surface area contributed by atoms with Crippen LogP contribution in [0.3, 0.4) is 0 Å². The van der Waals surface area contributed by atoms with Crippen LogP contribution in [-0.2, 0) is 16.6 Å². The summed E-state index contributed by atoms with van der Waals surface area (Å²) in [4.78, 5) is -0.00994. The van der Waals surface area contributed by atoms with Gasteiger partial charge in [-0.3, -0.25) is 0 Å². The summed E-state index contributed by atoms with van der Waals surface area (Å²) in [5, 5.41) is 4.13. The molecule has 21 heavy (non-hydrogen) atoms. The van der Waals surface area contributed by atoms with Crippen LogP contribution in [0.2, 0.25) is 5.02 Å². The number of anilines is 1. The summed E-state index contributed by atoms with van der Waals surface area (Å²) in [6, 6.07) is 4.36. The van der Waals surface area contributed by atoms with Gasteiger partial charge >= 0.3 is 0 Å². The molecule has 0 aliphatic carbocycles. The molecule has 0 atom stereocenters. The lowest BCUT2D eigenvalue weighted by molar-refractivity contribution is 0.390. The van der Waals surface area contributed by atoms with Gasteiger partial charge < -0.3 is 10.3 Å². The number of hydrogen-bond donors (Lipinski definition) is 1. The van der Waals surface area contributed by atoms with Crippen molar-refractivity contribution in [2.75, 3.05) is 12.8 Å². The second kappa shape index (κ2) is 5.67. The highest BCUT2D eigenvalue weighted by molar-refractivity contribution is 7.89. The van der Waals surface area contributed by atoms with Crippen molar-refractivity contribution >= 4 is 27.3 Å². The lowest BCUT2D eigenvalue weighted by Crippen LogP contribution is -2.27. The molecule has 0 amide bonds. The molecule has 1 aromatic carbocycles. The number of hydrogen-bond acceptors (Lipinski definition) is 5. The van der Waals surface area contributed by atoms with E-state index in [9.17, 15) is 8.42 Å². The Morgan fingerprint density at radius 3 is 2.62 bits per heavy atom. The first kappa shape index (κ1) is 15.8. The highest BCUT2D eigenvalue weighted by Gasteiger charge is 2.25. The van der Waals surface area contributed by atoms with E-state index >= 15 is 0 Å². The van der Waals surface area contributed by atoms with Crippen LogP contribution < -0.4 is 5.73 Å². The Morgan fingerprint density at radius 2 is 2.05 bits per heavy atom. The average molecular weight is 330 g/mol. The summed E-state index contributed by atoms with van der Waals surface area (Å²) >= 11 is 5.86. The molecule has 0 fully saturated rings. The van der Waals surface area contributed by atoms with Crippen molar-refractivity contribution in [3.63, 3.8) is 0 Å². The Kier molecular flexibility index (Phi) is 4.27. The SMILES string of the molecule is Cc1noc(C)c1CN(C)S(=O)(=O)c1cc(Cl)ccc1N. The zero-order chi connectivity index (χ0) is 15.8. The second-order valence-electron chi connectivity index (χ2n) is 4.75. The molecule has 6 nitrogen and oxygen atoms in total. The van der Waals surface area contributed by atoms with Crippen LogP contribution in [0.1, 0.15) is 17.0 Å². The van der Waals surface area contributed by atoms with Crippen LogP contribution in [0.25, 0.3) is 0 Å². The van der Waals surface area contributed by atoms with Crippen LogP contribution >= 0.6 is 11.6 Å². The molecule has 0 bridgehead atoms. The van der Waals surface area contributed by atoms with Gasteiger partial charge in [0.2, 0.25) is 10.0 Å². The molecule has 2 aromatic rings. The normalized spacial score (nSPS) is 12.0. The fraction of sp³-hybridized carbons (Fsp3) is 0.308. The molecule has 114 valence electrons. The molecular weight excluding hydrogens is 314 g/mol. The van der Waals surface area contributed by atoms with Gasteiger partial charge in [0.25, 0.3) is 0 Å². The number of nitrogen functional groups attached to an aromatic ring is 1. The Morgan fingerprint density at radius 1 is 1.38 bits per heavy atom. The van der Waals surface area contributed by atoms with Gasteiger partial charge in [0.15, 0.2) is 0 Å². The Labute approximate surface area is 128 Å². The van der Waals surface area contributed by atoms with E-state index in [0.29, 0.717) is 16.5 Å². The van der Waals surface area contributed by atoms with Gasteiger partial charge in [0.05, 0.1) is 11.4 Å².